The van der Waals surface area contributed by atoms with Crippen LogP contribution in [0.2, 0.25) is 0 Å². The van der Waals surface area contributed by atoms with Crippen molar-refractivity contribution in [3.05, 3.63) is 29.3 Å². The van der Waals surface area contributed by atoms with Gasteiger partial charge < -0.3 is 16.4 Å². The number of carbonyl (C=O) groups is 2. The van der Waals surface area contributed by atoms with E-state index >= 15 is 0 Å². The van der Waals surface area contributed by atoms with Gasteiger partial charge in [-0.15, -0.1) is 0 Å². The van der Waals surface area contributed by atoms with Gasteiger partial charge in [0.25, 0.3) is 0 Å². The zero-order valence-electron chi connectivity index (χ0n) is 10.6. The second-order valence-electron chi connectivity index (χ2n) is 4.13. The Bertz CT molecular complexity index is 592. The zero-order chi connectivity index (χ0) is 16.2. The molecule has 0 unspecified atom stereocenters. The number of nitrogens with zero attached hydrogens (tertiary/aromatic N) is 2. The Kier molecular flexibility index (Phi) is 4.75. The lowest BCUT2D eigenvalue weighted by atomic mass is 10.1. The highest BCUT2D eigenvalue weighted by Gasteiger charge is 2.33. The summed E-state index contributed by atoms with van der Waals surface area (Å²) in [6, 6.07) is 4.08. The summed E-state index contributed by atoms with van der Waals surface area (Å²) in [5, 5.41) is 8.80. The number of carbonyl (C=O) groups excluding carboxylic acids is 2. The average Bonchev–Trinajstić information content (AvgIpc) is 2.35. The Morgan fingerprint density at radius 2 is 1.71 bits per heavy atom. The standard InChI is InChI=1S/C12H11F3N4O2/c13-12(14,15)9-2-1-8(3-7(9)4-16)19(5-10(17)20)6-11(18)21/h1-3H,5-6H2,(H2,17,20)(H2,18,21). The smallest absolute Gasteiger partial charge is 0.368 e. The molecule has 0 radical (unpaired) electrons. The molecule has 1 aromatic carbocycles. The van der Waals surface area contributed by atoms with Crippen molar-refractivity contribution in [3.63, 3.8) is 0 Å². The summed E-state index contributed by atoms with van der Waals surface area (Å²) < 4.78 is 38.0. The Morgan fingerprint density at radius 1 is 1.19 bits per heavy atom. The lowest BCUT2D eigenvalue weighted by Crippen LogP contribution is -2.39. The summed E-state index contributed by atoms with van der Waals surface area (Å²) in [5.74, 6) is -1.59. The van der Waals surface area contributed by atoms with Crippen LogP contribution in [0.1, 0.15) is 11.1 Å². The SMILES string of the molecule is N#Cc1cc(N(CC(N)=O)CC(N)=O)ccc1C(F)(F)F. The summed E-state index contributed by atoms with van der Waals surface area (Å²) in [6.07, 6.45) is -4.68. The van der Waals surface area contributed by atoms with Gasteiger partial charge in [0.1, 0.15) is 0 Å². The van der Waals surface area contributed by atoms with Crippen LogP contribution in [-0.2, 0) is 15.8 Å². The molecule has 0 aliphatic rings. The van der Waals surface area contributed by atoms with Crippen molar-refractivity contribution in [1.29, 1.82) is 5.26 Å². The average molecular weight is 300 g/mol. The molecule has 1 rings (SSSR count). The molecule has 0 saturated carbocycles. The Balaban J connectivity index is 3.25. The van der Waals surface area contributed by atoms with Crippen LogP contribution in [0.25, 0.3) is 0 Å². The molecular formula is C12H11F3N4O2. The monoisotopic (exact) mass is 300 g/mol. The number of benzene rings is 1. The predicted molar refractivity (Wildman–Crippen MR) is 66.8 cm³/mol. The molecule has 0 bridgehead atoms. The molecule has 2 amide bonds. The number of primary amides is 2. The number of hydrogen-bond donors (Lipinski definition) is 2. The van der Waals surface area contributed by atoms with Gasteiger partial charge in [-0.2, -0.15) is 18.4 Å². The fourth-order valence-corrected chi connectivity index (χ4v) is 1.68. The van der Waals surface area contributed by atoms with Gasteiger partial charge in [0.15, 0.2) is 0 Å². The number of hydrogen-bond acceptors (Lipinski definition) is 4. The van der Waals surface area contributed by atoms with Crippen LogP contribution in [-0.4, -0.2) is 24.9 Å². The molecule has 0 fully saturated rings. The maximum absolute atomic E-state index is 12.7. The molecule has 0 aliphatic heterocycles. The Hall–Kier alpha value is -2.76. The number of anilines is 1. The first-order valence-electron chi connectivity index (χ1n) is 5.58. The number of nitriles is 1. The van der Waals surface area contributed by atoms with Crippen molar-refractivity contribution in [3.8, 4) is 6.07 Å². The van der Waals surface area contributed by atoms with Crippen molar-refractivity contribution in [2.75, 3.05) is 18.0 Å². The van der Waals surface area contributed by atoms with Crippen LogP contribution in [0.5, 0.6) is 0 Å². The topological polar surface area (TPSA) is 113 Å². The first kappa shape index (κ1) is 16.3. The van der Waals surface area contributed by atoms with Gasteiger partial charge in [0.05, 0.1) is 30.3 Å². The Morgan fingerprint density at radius 3 is 2.10 bits per heavy atom. The van der Waals surface area contributed by atoms with E-state index in [1.807, 2.05) is 0 Å². The van der Waals surface area contributed by atoms with Crippen molar-refractivity contribution in [2.45, 2.75) is 6.18 Å². The van der Waals surface area contributed by atoms with Gasteiger partial charge in [-0.3, -0.25) is 9.59 Å². The van der Waals surface area contributed by atoms with Gasteiger partial charge in [-0.05, 0) is 18.2 Å². The fourth-order valence-electron chi connectivity index (χ4n) is 1.68. The molecule has 6 nitrogen and oxygen atoms in total. The summed E-state index contributed by atoms with van der Waals surface area (Å²) >= 11 is 0. The predicted octanol–water partition coefficient (Wildman–Crippen LogP) is 0.354. The van der Waals surface area contributed by atoms with Crippen LogP contribution in [0, 0.1) is 11.3 Å². The highest BCUT2D eigenvalue weighted by atomic mass is 19.4. The second-order valence-corrected chi connectivity index (χ2v) is 4.13. The van der Waals surface area contributed by atoms with Gasteiger partial charge in [-0.25, -0.2) is 0 Å². The zero-order valence-corrected chi connectivity index (χ0v) is 10.6. The molecule has 1 aromatic rings. The van der Waals surface area contributed by atoms with E-state index in [9.17, 15) is 22.8 Å². The molecule has 0 saturated heterocycles. The minimum Gasteiger partial charge on any atom is -0.368 e. The van der Waals surface area contributed by atoms with Crippen molar-refractivity contribution in [2.24, 2.45) is 11.5 Å². The maximum atomic E-state index is 12.7. The third kappa shape index (κ3) is 4.38. The van der Waals surface area contributed by atoms with Crippen LogP contribution < -0.4 is 16.4 Å². The molecule has 21 heavy (non-hydrogen) atoms. The van der Waals surface area contributed by atoms with E-state index in [4.69, 9.17) is 16.7 Å². The summed E-state index contributed by atoms with van der Waals surface area (Å²) in [7, 11) is 0. The number of halogens is 3. The van der Waals surface area contributed by atoms with E-state index < -0.39 is 42.2 Å². The molecule has 4 N–H and O–H groups in total. The number of rotatable bonds is 5. The lowest BCUT2D eigenvalue weighted by molar-refractivity contribution is -0.137. The van der Waals surface area contributed by atoms with Gasteiger partial charge in [0.2, 0.25) is 11.8 Å². The fraction of sp³-hybridized carbons (Fsp3) is 0.250. The highest BCUT2D eigenvalue weighted by molar-refractivity contribution is 5.85. The molecule has 9 heteroatoms. The van der Waals surface area contributed by atoms with Crippen molar-refractivity contribution < 1.29 is 22.8 Å². The first-order valence-corrected chi connectivity index (χ1v) is 5.58. The molecule has 112 valence electrons. The minimum absolute atomic E-state index is 0.0668. The summed E-state index contributed by atoms with van der Waals surface area (Å²) in [6.45, 7) is -0.835. The van der Waals surface area contributed by atoms with Crippen LogP contribution in [0.4, 0.5) is 18.9 Å². The molecule has 0 heterocycles. The van der Waals surface area contributed by atoms with E-state index in [1.165, 1.54) is 6.07 Å². The molecule has 0 spiro atoms. The second kappa shape index (κ2) is 6.13. The number of nitrogens with two attached hydrogens (primary N) is 2. The van der Waals surface area contributed by atoms with Gasteiger partial charge in [0, 0.05) is 5.69 Å². The summed E-state index contributed by atoms with van der Waals surface area (Å²) in [4.78, 5) is 22.9. The molecule has 0 aliphatic carbocycles. The van der Waals surface area contributed by atoms with E-state index in [2.05, 4.69) is 0 Å². The van der Waals surface area contributed by atoms with Gasteiger partial charge >= 0.3 is 6.18 Å². The third-order valence-electron chi connectivity index (χ3n) is 2.49. The normalized spacial score (nSPS) is 10.8. The molecule has 0 aromatic heterocycles. The van der Waals surface area contributed by atoms with Crippen LogP contribution in [0.15, 0.2) is 18.2 Å². The van der Waals surface area contributed by atoms with Gasteiger partial charge in [-0.1, -0.05) is 0 Å². The molecular weight excluding hydrogens is 289 g/mol. The lowest BCUT2D eigenvalue weighted by Gasteiger charge is -2.22. The molecule has 0 atom stereocenters. The van der Waals surface area contributed by atoms with Crippen LogP contribution >= 0.6 is 0 Å². The van der Waals surface area contributed by atoms with E-state index in [0.717, 1.165) is 17.0 Å². The number of amides is 2. The highest BCUT2D eigenvalue weighted by Crippen LogP contribution is 2.33. The maximum Gasteiger partial charge on any atom is 0.417 e. The van der Waals surface area contributed by atoms with E-state index in [1.54, 1.807) is 0 Å². The minimum atomic E-state index is -4.68. The van der Waals surface area contributed by atoms with E-state index in [-0.39, 0.29) is 5.69 Å². The largest absolute Gasteiger partial charge is 0.417 e. The number of alkyl halides is 3. The van der Waals surface area contributed by atoms with Crippen molar-refractivity contribution in [1.82, 2.24) is 0 Å². The summed E-state index contributed by atoms with van der Waals surface area (Å²) in [5.41, 5.74) is 8.33. The van der Waals surface area contributed by atoms with Crippen LogP contribution in [0.3, 0.4) is 0 Å². The van der Waals surface area contributed by atoms with E-state index in [0.29, 0.717) is 6.07 Å². The Labute approximate surface area is 117 Å². The first-order chi connectivity index (χ1) is 9.65. The van der Waals surface area contributed by atoms with Crippen molar-refractivity contribution >= 4 is 17.5 Å². The third-order valence-corrected chi connectivity index (χ3v) is 2.49. The quantitative estimate of drug-likeness (QED) is 0.817.